The summed E-state index contributed by atoms with van der Waals surface area (Å²) in [6, 6.07) is 6.61. The van der Waals surface area contributed by atoms with Crippen LogP contribution in [0.4, 0.5) is 5.82 Å². The van der Waals surface area contributed by atoms with Crippen molar-refractivity contribution in [1.82, 2.24) is 15.3 Å². The molecule has 3 rings (SSSR count). The molecule has 1 fully saturated rings. The molecule has 5 heteroatoms. The summed E-state index contributed by atoms with van der Waals surface area (Å²) < 4.78 is 5.62. The number of hydrogen-bond acceptors (Lipinski definition) is 5. The van der Waals surface area contributed by atoms with Crippen molar-refractivity contribution in [2.24, 2.45) is 0 Å². The summed E-state index contributed by atoms with van der Waals surface area (Å²) in [6.07, 6.45) is 6.82. The second-order valence-electron chi connectivity index (χ2n) is 5.40. The first kappa shape index (κ1) is 14.1. The molecule has 1 saturated heterocycles. The average Bonchev–Trinajstić information content (AvgIpc) is 3.02. The number of pyridine rings is 1. The van der Waals surface area contributed by atoms with Crippen molar-refractivity contribution in [3.63, 3.8) is 0 Å². The Balaban J connectivity index is 1.45. The Morgan fingerprint density at radius 2 is 2.14 bits per heavy atom. The Bertz CT molecular complexity index is 546. The number of rotatable bonds is 5. The highest BCUT2D eigenvalue weighted by Gasteiger charge is 2.19. The fraction of sp³-hybridized carbons (Fsp3) is 0.500. The molecule has 0 unspecified atom stereocenters. The van der Waals surface area contributed by atoms with Crippen LogP contribution in [0.3, 0.4) is 0 Å². The minimum Gasteiger partial charge on any atom is -0.444 e. The van der Waals surface area contributed by atoms with E-state index in [1.807, 2.05) is 24.5 Å². The number of oxazole rings is 1. The van der Waals surface area contributed by atoms with Crippen molar-refractivity contribution in [3.05, 3.63) is 42.2 Å². The van der Waals surface area contributed by atoms with E-state index in [2.05, 4.69) is 33.2 Å². The first-order chi connectivity index (χ1) is 10.3. The number of hydrogen-bond donors (Lipinski definition) is 1. The number of nitrogens with one attached hydrogen (secondary N) is 1. The summed E-state index contributed by atoms with van der Waals surface area (Å²) in [5.41, 5.74) is 0. The zero-order valence-corrected chi connectivity index (χ0v) is 12.5. The normalized spacial score (nSPS) is 16.3. The van der Waals surface area contributed by atoms with Crippen molar-refractivity contribution in [1.29, 1.82) is 0 Å². The quantitative estimate of drug-likeness (QED) is 0.914. The van der Waals surface area contributed by atoms with Gasteiger partial charge in [0.05, 0.1) is 12.7 Å². The molecule has 2 aromatic rings. The molecule has 112 valence electrons. The van der Waals surface area contributed by atoms with E-state index >= 15 is 0 Å². The fourth-order valence-electron chi connectivity index (χ4n) is 2.68. The zero-order valence-electron chi connectivity index (χ0n) is 12.5. The van der Waals surface area contributed by atoms with Gasteiger partial charge in [-0.2, -0.15) is 0 Å². The molecule has 0 amide bonds. The van der Waals surface area contributed by atoms with E-state index in [9.17, 15) is 0 Å². The molecule has 0 aromatic carbocycles. The summed E-state index contributed by atoms with van der Waals surface area (Å²) in [5, 5.41) is 3.54. The van der Waals surface area contributed by atoms with Crippen LogP contribution < -0.4 is 10.2 Å². The molecular weight excluding hydrogens is 264 g/mol. The van der Waals surface area contributed by atoms with Gasteiger partial charge in [-0.3, -0.25) is 0 Å². The van der Waals surface area contributed by atoms with Gasteiger partial charge in [-0.25, -0.2) is 9.97 Å². The van der Waals surface area contributed by atoms with E-state index in [0.29, 0.717) is 12.6 Å². The van der Waals surface area contributed by atoms with Gasteiger partial charge in [0.2, 0.25) is 5.89 Å². The number of nitrogens with zero attached hydrogens (tertiary/aromatic N) is 3. The Kier molecular flexibility index (Phi) is 4.50. The third-order valence-electron chi connectivity index (χ3n) is 3.96. The summed E-state index contributed by atoms with van der Waals surface area (Å²) in [7, 11) is 0. The SMILES string of the molecule is CCc1cnc(CNC2CCN(c3ccccn3)CC2)o1. The second kappa shape index (κ2) is 6.72. The van der Waals surface area contributed by atoms with Crippen LogP contribution in [0.25, 0.3) is 0 Å². The van der Waals surface area contributed by atoms with E-state index in [0.717, 1.165) is 49.8 Å². The molecule has 1 N–H and O–H groups in total. The molecule has 0 radical (unpaired) electrons. The van der Waals surface area contributed by atoms with Crippen molar-refractivity contribution in [3.8, 4) is 0 Å². The number of aryl methyl sites for hydroxylation is 1. The Morgan fingerprint density at radius 1 is 1.29 bits per heavy atom. The van der Waals surface area contributed by atoms with Crippen LogP contribution in [0, 0.1) is 0 Å². The van der Waals surface area contributed by atoms with Crippen LogP contribution in [0.2, 0.25) is 0 Å². The molecule has 3 heterocycles. The Morgan fingerprint density at radius 3 is 2.81 bits per heavy atom. The van der Waals surface area contributed by atoms with Crippen LogP contribution >= 0.6 is 0 Å². The van der Waals surface area contributed by atoms with E-state index < -0.39 is 0 Å². The van der Waals surface area contributed by atoms with Crippen LogP contribution in [-0.2, 0) is 13.0 Å². The molecule has 0 atom stereocenters. The van der Waals surface area contributed by atoms with E-state index in [1.165, 1.54) is 0 Å². The van der Waals surface area contributed by atoms with Crippen LogP contribution in [0.1, 0.15) is 31.4 Å². The van der Waals surface area contributed by atoms with Crippen LogP contribution in [0.5, 0.6) is 0 Å². The van der Waals surface area contributed by atoms with Gasteiger partial charge < -0.3 is 14.6 Å². The van der Waals surface area contributed by atoms with Gasteiger partial charge in [-0.1, -0.05) is 13.0 Å². The van der Waals surface area contributed by atoms with E-state index in [4.69, 9.17) is 4.42 Å². The number of anilines is 1. The van der Waals surface area contributed by atoms with Crippen molar-refractivity contribution >= 4 is 5.82 Å². The van der Waals surface area contributed by atoms with Gasteiger partial charge in [0.1, 0.15) is 11.6 Å². The zero-order chi connectivity index (χ0) is 14.5. The highest BCUT2D eigenvalue weighted by Crippen LogP contribution is 2.17. The van der Waals surface area contributed by atoms with Crippen LogP contribution in [0.15, 0.2) is 35.0 Å². The minimum absolute atomic E-state index is 0.530. The topological polar surface area (TPSA) is 54.2 Å². The summed E-state index contributed by atoms with van der Waals surface area (Å²) in [6.45, 7) is 4.88. The highest BCUT2D eigenvalue weighted by molar-refractivity contribution is 5.38. The predicted octanol–water partition coefficient (Wildman–Crippen LogP) is 2.39. The third-order valence-corrected chi connectivity index (χ3v) is 3.96. The molecular formula is C16H22N4O. The lowest BCUT2D eigenvalue weighted by Gasteiger charge is -2.33. The van der Waals surface area contributed by atoms with Crippen molar-refractivity contribution in [2.75, 3.05) is 18.0 Å². The van der Waals surface area contributed by atoms with Gasteiger partial charge >= 0.3 is 0 Å². The minimum atomic E-state index is 0.530. The Hall–Kier alpha value is -1.88. The summed E-state index contributed by atoms with van der Waals surface area (Å²) >= 11 is 0. The molecule has 21 heavy (non-hydrogen) atoms. The Labute approximate surface area is 125 Å². The molecule has 5 nitrogen and oxygen atoms in total. The molecule has 0 saturated carbocycles. The monoisotopic (exact) mass is 286 g/mol. The third kappa shape index (κ3) is 3.61. The second-order valence-corrected chi connectivity index (χ2v) is 5.40. The summed E-state index contributed by atoms with van der Waals surface area (Å²) in [5.74, 6) is 2.83. The van der Waals surface area contributed by atoms with E-state index in [-0.39, 0.29) is 0 Å². The van der Waals surface area contributed by atoms with Gasteiger partial charge in [0, 0.05) is 31.7 Å². The molecule has 1 aliphatic heterocycles. The molecule has 0 bridgehead atoms. The average molecular weight is 286 g/mol. The van der Waals surface area contributed by atoms with Gasteiger partial charge in [0.25, 0.3) is 0 Å². The molecule has 0 spiro atoms. The van der Waals surface area contributed by atoms with Crippen molar-refractivity contribution in [2.45, 2.75) is 38.8 Å². The maximum Gasteiger partial charge on any atom is 0.208 e. The molecule has 0 aliphatic carbocycles. The largest absolute Gasteiger partial charge is 0.444 e. The smallest absolute Gasteiger partial charge is 0.208 e. The first-order valence-corrected chi connectivity index (χ1v) is 7.68. The van der Waals surface area contributed by atoms with Crippen molar-refractivity contribution < 1.29 is 4.42 Å². The van der Waals surface area contributed by atoms with Gasteiger partial charge in [-0.05, 0) is 25.0 Å². The number of piperidine rings is 1. The predicted molar refractivity (Wildman–Crippen MR) is 82.2 cm³/mol. The van der Waals surface area contributed by atoms with Gasteiger partial charge in [-0.15, -0.1) is 0 Å². The number of aromatic nitrogens is 2. The highest BCUT2D eigenvalue weighted by atomic mass is 16.4. The molecule has 2 aromatic heterocycles. The standard InChI is InChI=1S/C16H22N4O/c1-2-14-11-19-16(21-14)12-18-13-6-9-20(10-7-13)15-5-3-4-8-17-15/h3-5,8,11,13,18H,2,6-7,9-10,12H2,1H3. The van der Waals surface area contributed by atoms with Gasteiger partial charge in [0.15, 0.2) is 0 Å². The lowest BCUT2D eigenvalue weighted by atomic mass is 10.1. The summed E-state index contributed by atoms with van der Waals surface area (Å²) in [4.78, 5) is 11.0. The maximum atomic E-state index is 5.62. The maximum absolute atomic E-state index is 5.62. The van der Waals surface area contributed by atoms with E-state index in [1.54, 1.807) is 0 Å². The first-order valence-electron chi connectivity index (χ1n) is 7.68. The molecule has 1 aliphatic rings. The fourth-order valence-corrected chi connectivity index (χ4v) is 2.68. The lowest BCUT2D eigenvalue weighted by Crippen LogP contribution is -2.42. The van der Waals surface area contributed by atoms with Crippen LogP contribution in [-0.4, -0.2) is 29.1 Å². The lowest BCUT2D eigenvalue weighted by molar-refractivity contribution is 0.375.